The predicted octanol–water partition coefficient (Wildman–Crippen LogP) is 0.932. The third kappa shape index (κ3) is 3.08. The number of nitrogens with one attached hydrogen (secondary N) is 1. The van der Waals surface area contributed by atoms with Crippen molar-refractivity contribution in [1.82, 2.24) is 4.98 Å². The number of hydrogen-bond acceptors (Lipinski definition) is 4. The Bertz CT molecular complexity index is 476. The van der Waals surface area contributed by atoms with E-state index in [1.807, 2.05) is 6.92 Å². The Hall–Kier alpha value is -1.95. The molecule has 0 aliphatic carbocycles. The molecule has 2 amide bonds. The zero-order chi connectivity index (χ0) is 14.0. The largest absolute Gasteiger partial charge is 0.365 e. The first kappa shape index (κ1) is 13.5. The number of nitrogens with zero attached hydrogens (tertiary/aromatic N) is 1. The average Bonchev–Trinajstić information content (AvgIpc) is 2.70. The molecule has 1 aromatic rings. The lowest BCUT2D eigenvalue weighted by Crippen LogP contribution is -2.27. The molecule has 102 valence electrons. The number of pyridine rings is 1. The number of rotatable bonds is 3. The molecule has 3 atom stereocenters. The maximum atomic E-state index is 12.0. The Kier molecular flexibility index (Phi) is 3.80. The van der Waals surface area contributed by atoms with E-state index in [1.165, 1.54) is 12.3 Å². The number of nitrogens with two attached hydrogens (primary N) is 1. The first-order valence-corrected chi connectivity index (χ1v) is 6.19. The summed E-state index contributed by atoms with van der Waals surface area (Å²) in [5, 5.41) is 2.71. The van der Waals surface area contributed by atoms with Gasteiger partial charge in [0.25, 0.3) is 11.8 Å². The van der Waals surface area contributed by atoms with Crippen LogP contribution in [0, 0.1) is 5.92 Å². The van der Waals surface area contributed by atoms with Gasteiger partial charge in [-0.15, -0.1) is 0 Å². The molecule has 6 nitrogen and oxygen atoms in total. The summed E-state index contributed by atoms with van der Waals surface area (Å²) in [6.07, 6.45) is 1.77. The van der Waals surface area contributed by atoms with Crippen LogP contribution in [0.3, 0.4) is 0 Å². The van der Waals surface area contributed by atoms with Gasteiger partial charge in [-0.2, -0.15) is 0 Å². The lowest BCUT2D eigenvalue weighted by Gasteiger charge is -2.11. The van der Waals surface area contributed by atoms with Crippen LogP contribution in [0.2, 0.25) is 0 Å². The normalized spacial score (nSPS) is 26.1. The van der Waals surface area contributed by atoms with Crippen LogP contribution < -0.4 is 11.1 Å². The number of aromatic nitrogens is 1. The zero-order valence-corrected chi connectivity index (χ0v) is 10.9. The molecule has 0 saturated carbocycles. The second-order valence-corrected chi connectivity index (χ2v) is 4.83. The van der Waals surface area contributed by atoms with Crippen molar-refractivity contribution in [1.29, 1.82) is 0 Å². The van der Waals surface area contributed by atoms with E-state index in [-0.39, 0.29) is 17.7 Å². The Labute approximate surface area is 111 Å². The molecule has 1 saturated heterocycles. The highest BCUT2D eigenvalue weighted by molar-refractivity contribution is 5.95. The molecule has 6 heteroatoms. The molecule has 1 aromatic heterocycles. The van der Waals surface area contributed by atoms with Gasteiger partial charge in [-0.05, 0) is 31.4 Å². The summed E-state index contributed by atoms with van der Waals surface area (Å²) in [4.78, 5) is 26.7. The molecule has 3 N–H and O–H groups in total. The van der Waals surface area contributed by atoms with E-state index in [1.54, 1.807) is 6.07 Å². The van der Waals surface area contributed by atoms with Crippen LogP contribution in [0.5, 0.6) is 0 Å². The molecule has 0 aromatic carbocycles. The average molecular weight is 263 g/mol. The van der Waals surface area contributed by atoms with Gasteiger partial charge in [-0.25, -0.2) is 4.98 Å². The molecule has 2 heterocycles. The molecule has 19 heavy (non-hydrogen) atoms. The van der Waals surface area contributed by atoms with Crippen LogP contribution in [-0.4, -0.2) is 29.0 Å². The van der Waals surface area contributed by atoms with E-state index in [2.05, 4.69) is 17.2 Å². The minimum Gasteiger partial charge on any atom is -0.365 e. The Balaban J connectivity index is 1.97. The lowest BCUT2D eigenvalue weighted by molar-refractivity contribution is -0.126. The fourth-order valence-electron chi connectivity index (χ4n) is 1.98. The van der Waals surface area contributed by atoms with Gasteiger partial charge in [0.1, 0.15) is 11.8 Å². The minimum atomic E-state index is -0.598. The fraction of sp³-hybridized carbons (Fsp3) is 0.462. The third-order valence-electron chi connectivity index (χ3n) is 3.34. The highest BCUT2D eigenvalue weighted by Gasteiger charge is 2.33. The predicted molar refractivity (Wildman–Crippen MR) is 69.5 cm³/mol. The van der Waals surface area contributed by atoms with Crippen LogP contribution in [-0.2, 0) is 9.53 Å². The van der Waals surface area contributed by atoms with Crippen molar-refractivity contribution >= 4 is 17.5 Å². The van der Waals surface area contributed by atoms with Crippen LogP contribution >= 0.6 is 0 Å². The smallest absolute Gasteiger partial charge is 0.267 e. The van der Waals surface area contributed by atoms with Gasteiger partial charge in [0.15, 0.2) is 0 Å². The standard InChI is InChI=1S/C13H17N3O3/c1-7-5-11(19-8(7)2)13(18)16-9-3-4-10(12(14)17)15-6-9/h3-4,6-8,11H,5H2,1-2H3,(H2,14,17)(H,16,18)/t7-,8?,11?/m0/s1. The van der Waals surface area contributed by atoms with Crippen molar-refractivity contribution in [2.24, 2.45) is 11.7 Å². The van der Waals surface area contributed by atoms with E-state index in [0.29, 0.717) is 18.0 Å². The quantitative estimate of drug-likeness (QED) is 0.848. The van der Waals surface area contributed by atoms with Crippen LogP contribution in [0.15, 0.2) is 18.3 Å². The van der Waals surface area contributed by atoms with Crippen molar-refractivity contribution in [3.63, 3.8) is 0 Å². The van der Waals surface area contributed by atoms with Gasteiger partial charge < -0.3 is 15.8 Å². The Morgan fingerprint density at radius 1 is 1.42 bits per heavy atom. The summed E-state index contributed by atoms with van der Waals surface area (Å²) in [5.41, 5.74) is 5.77. The fourth-order valence-corrected chi connectivity index (χ4v) is 1.98. The monoisotopic (exact) mass is 263 g/mol. The number of carbonyl (C=O) groups excluding carboxylic acids is 2. The molecule has 2 unspecified atom stereocenters. The molecule has 1 aliphatic rings. The lowest BCUT2D eigenvalue weighted by atomic mass is 10.0. The van der Waals surface area contributed by atoms with Crippen molar-refractivity contribution in [3.05, 3.63) is 24.0 Å². The van der Waals surface area contributed by atoms with Crippen molar-refractivity contribution < 1.29 is 14.3 Å². The van der Waals surface area contributed by atoms with Crippen molar-refractivity contribution in [2.45, 2.75) is 32.5 Å². The van der Waals surface area contributed by atoms with Crippen LogP contribution in [0.1, 0.15) is 30.8 Å². The molecule has 0 radical (unpaired) electrons. The summed E-state index contributed by atoms with van der Waals surface area (Å²) in [6.45, 7) is 4.02. The highest BCUT2D eigenvalue weighted by Crippen LogP contribution is 2.26. The van der Waals surface area contributed by atoms with Crippen molar-refractivity contribution in [3.8, 4) is 0 Å². The van der Waals surface area contributed by atoms with E-state index in [4.69, 9.17) is 10.5 Å². The summed E-state index contributed by atoms with van der Waals surface area (Å²) in [7, 11) is 0. The van der Waals surface area contributed by atoms with Gasteiger partial charge in [0.2, 0.25) is 0 Å². The molecule has 0 bridgehead atoms. The van der Waals surface area contributed by atoms with E-state index in [0.717, 1.165) is 0 Å². The van der Waals surface area contributed by atoms with Crippen LogP contribution in [0.25, 0.3) is 0 Å². The molecular formula is C13H17N3O3. The number of ether oxygens (including phenoxy) is 1. The molecule has 1 fully saturated rings. The van der Waals surface area contributed by atoms with Gasteiger partial charge in [-0.3, -0.25) is 9.59 Å². The maximum absolute atomic E-state index is 12.0. The number of primary amides is 1. The van der Waals surface area contributed by atoms with E-state index in [9.17, 15) is 9.59 Å². The second kappa shape index (κ2) is 5.36. The summed E-state index contributed by atoms with van der Waals surface area (Å²) >= 11 is 0. The van der Waals surface area contributed by atoms with Gasteiger partial charge in [-0.1, -0.05) is 6.92 Å². The Morgan fingerprint density at radius 3 is 2.63 bits per heavy atom. The van der Waals surface area contributed by atoms with Crippen LogP contribution in [0.4, 0.5) is 5.69 Å². The number of anilines is 1. The maximum Gasteiger partial charge on any atom is 0.267 e. The van der Waals surface area contributed by atoms with E-state index >= 15 is 0 Å². The Morgan fingerprint density at radius 2 is 2.16 bits per heavy atom. The first-order valence-electron chi connectivity index (χ1n) is 6.19. The molecular weight excluding hydrogens is 246 g/mol. The minimum absolute atomic E-state index is 0.0890. The third-order valence-corrected chi connectivity index (χ3v) is 3.34. The summed E-state index contributed by atoms with van der Waals surface area (Å²) in [6, 6.07) is 3.06. The summed E-state index contributed by atoms with van der Waals surface area (Å²) in [5.74, 6) is -0.421. The highest BCUT2D eigenvalue weighted by atomic mass is 16.5. The number of hydrogen-bond donors (Lipinski definition) is 2. The zero-order valence-electron chi connectivity index (χ0n) is 10.9. The number of carbonyl (C=O) groups is 2. The van der Waals surface area contributed by atoms with E-state index < -0.39 is 12.0 Å². The molecule has 1 aliphatic heterocycles. The van der Waals surface area contributed by atoms with Gasteiger partial charge in [0, 0.05) is 0 Å². The van der Waals surface area contributed by atoms with Crippen molar-refractivity contribution in [2.75, 3.05) is 5.32 Å². The SMILES string of the molecule is CC1OC(C(=O)Nc2ccc(C(N)=O)nc2)C[C@@H]1C. The van der Waals surface area contributed by atoms with Gasteiger partial charge in [0.05, 0.1) is 18.0 Å². The second-order valence-electron chi connectivity index (χ2n) is 4.83. The number of amides is 2. The molecule has 0 spiro atoms. The molecule has 2 rings (SSSR count). The summed E-state index contributed by atoms with van der Waals surface area (Å²) < 4.78 is 5.56. The van der Waals surface area contributed by atoms with Gasteiger partial charge >= 0.3 is 0 Å². The first-order chi connectivity index (χ1) is 8.97. The topological polar surface area (TPSA) is 94.3 Å².